The number of anilines is 3. The van der Waals surface area contributed by atoms with Crippen molar-refractivity contribution in [3.63, 3.8) is 0 Å². The number of terminal acetylenes is 1. The van der Waals surface area contributed by atoms with E-state index in [-0.39, 0.29) is 34.5 Å². The molecule has 42 heavy (non-hydrogen) atoms. The maximum absolute atomic E-state index is 13.8. The summed E-state index contributed by atoms with van der Waals surface area (Å²) < 4.78 is 52.9. The lowest BCUT2D eigenvalue weighted by Gasteiger charge is -2.28. The number of hydrogen-bond acceptors (Lipinski definition) is 8. The van der Waals surface area contributed by atoms with Crippen molar-refractivity contribution in [2.75, 3.05) is 37.8 Å². The molecule has 3 aromatic rings. The second-order valence-corrected chi connectivity index (χ2v) is 9.86. The lowest BCUT2D eigenvalue weighted by atomic mass is 10.1. The average Bonchev–Trinajstić information content (AvgIpc) is 3.34. The molecule has 0 aliphatic carbocycles. The Balaban J connectivity index is 1.42. The molecule has 1 amide bonds. The number of nitrogens with zero attached hydrogens (tertiary/aromatic N) is 6. The molecule has 0 bridgehead atoms. The van der Waals surface area contributed by atoms with Gasteiger partial charge in [0, 0.05) is 17.1 Å². The Morgan fingerprint density at radius 1 is 1.24 bits per heavy atom. The summed E-state index contributed by atoms with van der Waals surface area (Å²) >= 11 is 0. The van der Waals surface area contributed by atoms with Gasteiger partial charge in [-0.15, -0.1) is 6.42 Å². The highest BCUT2D eigenvalue weighted by atomic mass is 19.4. The summed E-state index contributed by atoms with van der Waals surface area (Å²) in [5.41, 5.74) is -0.235. The quantitative estimate of drug-likeness (QED) is 0.0955. The number of carbonyl (C=O) groups is 1. The van der Waals surface area contributed by atoms with E-state index in [1.807, 2.05) is 0 Å². The second kappa shape index (κ2) is 11.7. The predicted molar refractivity (Wildman–Crippen MR) is 147 cm³/mol. The van der Waals surface area contributed by atoms with Crippen molar-refractivity contribution in [3.05, 3.63) is 81.8 Å². The summed E-state index contributed by atoms with van der Waals surface area (Å²) in [6, 6.07) is 5.70. The smallest absolute Gasteiger partial charge is 0.358 e. The molecule has 0 spiro atoms. The van der Waals surface area contributed by atoms with Gasteiger partial charge in [-0.2, -0.15) is 13.2 Å². The van der Waals surface area contributed by atoms with Gasteiger partial charge in [-0.05, 0) is 40.3 Å². The van der Waals surface area contributed by atoms with Crippen LogP contribution in [0.3, 0.4) is 0 Å². The molecule has 15 heteroatoms. The van der Waals surface area contributed by atoms with Gasteiger partial charge >= 0.3 is 12.0 Å². The minimum absolute atomic E-state index is 0.0302. The van der Waals surface area contributed by atoms with Crippen LogP contribution in [0.1, 0.15) is 12.0 Å². The van der Waals surface area contributed by atoms with Crippen LogP contribution in [-0.4, -0.2) is 69.3 Å². The molecule has 1 aromatic carbocycles. The first-order chi connectivity index (χ1) is 19.8. The van der Waals surface area contributed by atoms with Gasteiger partial charge in [0.25, 0.3) is 0 Å². The lowest BCUT2D eigenvalue weighted by Crippen LogP contribution is -2.42. The van der Waals surface area contributed by atoms with Crippen LogP contribution in [0.25, 0.3) is 10.9 Å². The fraction of sp³-hybridized carbons (Fsp3) is 0.222. The molecule has 0 saturated heterocycles. The summed E-state index contributed by atoms with van der Waals surface area (Å²) in [6.07, 6.45) is 5.37. The summed E-state index contributed by atoms with van der Waals surface area (Å²) in [5, 5.41) is 17.4. The largest absolute Gasteiger partial charge is 0.454 e. The lowest BCUT2D eigenvalue weighted by molar-refractivity contribution is -0.880. The van der Waals surface area contributed by atoms with Crippen molar-refractivity contribution in [1.29, 1.82) is 0 Å². The molecule has 0 saturated carbocycles. The molecule has 0 atom stereocenters. The number of nitrogens with one attached hydrogen (secondary N) is 2. The number of aromatic nitrogens is 3. The Kier molecular flexibility index (Phi) is 8.29. The molecule has 0 fully saturated rings. The molecular formula is C27H23F4N8O3+. The number of benzene rings is 1. The Labute approximate surface area is 236 Å². The molecule has 0 radical (unpaired) electrons. The Morgan fingerprint density at radius 3 is 2.69 bits per heavy atom. The van der Waals surface area contributed by atoms with Gasteiger partial charge in [0.2, 0.25) is 11.6 Å². The van der Waals surface area contributed by atoms with Crippen molar-refractivity contribution in [2.45, 2.75) is 12.6 Å². The van der Waals surface area contributed by atoms with E-state index in [1.54, 1.807) is 20.2 Å². The summed E-state index contributed by atoms with van der Waals surface area (Å²) in [5.74, 6) is 0.909. The average molecular weight is 584 g/mol. The van der Waals surface area contributed by atoms with Crippen LogP contribution in [0.4, 0.5) is 34.9 Å². The fourth-order valence-electron chi connectivity index (χ4n) is 4.16. The number of halogens is 4. The predicted octanol–water partition coefficient (Wildman–Crippen LogP) is 4.36. The number of hydrogen-bond donors (Lipinski definition) is 2. The number of rotatable bonds is 9. The third-order valence-electron chi connectivity index (χ3n) is 6.08. The molecule has 216 valence electrons. The summed E-state index contributed by atoms with van der Waals surface area (Å²) in [7, 11) is 3.32. The number of amides is 1. The number of aliphatic imine (C=N–C) groups is 1. The third kappa shape index (κ3) is 7.09. The van der Waals surface area contributed by atoms with Crippen LogP contribution in [0.15, 0.2) is 65.3 Å². The normalized spacial score (nSPS) is 13.8. The molecule has 11 nitrogen and oxygen atoms in total. The van der Waals surface area contributed by atoms with Crippen molar-refractivity contribution in [3.8, 4) is 12.3 Å². The van der Waals surface area contributed by atoms with E-state index in [9.17, 15) is 32.5 Å². The van der Waals surface area contributed by atoms with Crippen molar-refractivity contribution in [2.24, 2.45) is 4.99 Å². The zero-order valence-electron chi connectivity index (χ0n) is 22.2. The van der Waals surface area contributed by atoms with E-state index >= 15 is 0 Å². The summed E-state index contributed by atoms with van der Waals surface area (Å²) in [4.78, 5) is 38.6. The van der Waals surface area contributed by atoms with Gasteiger partial charge in [-0.3, -0.25) is 4.79 Å². The Hall–Kier alpha value is -5.23. The van der Waals surface area contributed by atoms with Crippen LogP contribution in [0.2, 0.25) is 0 Å². The van der Waals surface area contributed by atoms with E-state index in [0.717, 1.165) is 0 Å². The highest BCUT2D eigenvalue weighted by Gasteiger charge is 2.47. The SMILES string of the molecule is C#Cc1cc(Nc2ncnc3cnc(NC(=O)/C=C/C[N+](C)(C)CC4=C([N+](=O)[O-])N=C(C(F)(F)F)C4)cc23)ccc1F. The maximum atomic E-state index is 13.8. The van der Waals surface area contributed by atoms with Crippen LogP contribution in [0.5, 0.6) is 0 Å². The summed E-state index contributed by atoms with van der Waals surface area (Å²) in [6.45, 7) is 0.0951. The molecule has 1 aliphatic heterocycles. The number of alkyl halides is 3. The zero-order chi connectivity index (χ0) is 30.7. The number of pyridine rings is 1. The number of fused-ring (bicyclic) bond motifs is 1. The van der Waals surface area contributed by atoms with Gasteiger partial charge in [0.1, 0.15) is 30.3 Å². The molecular weight excluding hydrogens is 560 g/mol. The number of carbonyl (C=O) groups excluding carboxylic acids is 1. The second-order valence-electron chi connectivity index (χ2n) is 9.86. The van der Waals surface area contributed by atoms with Gasteiger partial charge in [0.05, 0.1) is 49.9 Å². The van der Waals surface area contributed by atoms with Crippen LogP contribution < -0.4 is 10.6 Å². The van der Waals surface area contributed by atoms with Crippen LogP contribution in [-0.2, 0) is 4.79 Å². The standard InChI is InChI=1S/C27H22F4N8O3/c1-4-16-10-18(7-8-20(16)28)35-25-19-12-23(32-13-21(19)33-15-34-25)37-24(40)6-5-9-39(2,3)14-17-11-22(27(29,30)31)36-26(17)38(41)42/h1,5-8,10,12-13,15H,9,11,14H2,2-3H3,(H-,32,33,34,35,37,40)/p+1/b6-5+. The fourth-order valence-corrected chi connectivity index (χ4v) is 4.16. The molecule has 0 unspecified atom stereocenters. The van der Waals surface area contributed by atoms with Gasteiger partial charge < -0.3 is 25.2 Å². The van der Waals surface area contributed by atoms with E-state index in [4.69, 9.17) is 6.42 Å². The van der Waals surface area contributed by atoms with Gasteiger partial charge in [-0.25, -0.2) is 19.3 Å². The highest BCUT2D eigenvalue weighted by Crippen LogP contribution is 2.31. The van der Waals surface area contributed by atoms with Gasteiger partial charge in [0.15, 0.2) is 0 Å². The minimum Gasteiger partial charge on any atom is -0.358 e. The van der Waals surface area contributed by atoms with Crippen LogP contribution in [0, 0.1) is 28.3 Å². The Morgan fingerprint density at radius 2 is 2.00 bits per heavy atom. The first-order valence-corrected chi connectivity index (χ1v) is 12.2. The third-order valence-corrected chi connectivity index (χ3v) is 6.08. The molecule has 2 N–H and O–H groups in total. The monoisotopic (exact) mass is 583 g/mol. The first kappa shape index (κ1) is 29.7. The van der Waals surface area contributed by atoms with Crippen molar-refractivity contribution in [1.82, 2.24) is 15.0 Å². The molecule has 2 aromatic heterocycles. The highest BCUT2D eigenvalue weighted by molar-refractivity contribution is 6.00. The van der Waals surface area contributed by atoms with E-state index in [2.05, 4.69) is 36.5 Å². The van der Waals surface area contributed by atoms with E-state index in [1.165, 1.54) is 42.9 Å². The van der Waals surface area contributed by atoms with Crippen LogP contribution >= 0.6 is 0 Å². The first-order valence-electron chi connectivity index (χ1n) is 12.2. The van der Waals surface area contributed by atoms with Crippen molar-refractivity contribution >= 4 is 39.8 Å². The minimum atomic E-state index is -4.76. The zero-order valence-corrected chi connectivity index (χ0v) is 22.2. The van der Waals surface area contributed by atoms with E-state index in [0.29, 0.717) is 22.4 Å². The topological polar surface area (TPSA) is 135 Å². The Bertz CT molecular complexity index is 1710. The van der Waals surface area contributed by atoms with E-state index < -0.39 is 40.8 Å². The molecule has 3 heterocycles. The molecule has 4 rings (SSSR count). The number of nitro groups is 1. The van der Waals surface area contributed by atoms with Crippen molar-refractivity contribution < 1.29 is 31.8 Å². The van der Waals surface area contributed by atoms with Gasteiger partial charge in [-0.1, -0.05) is 5.92 Å². The maximum Gasteiger partial charge on any atom is 0.454 e. The number of quaternary nitrogens is 1. The molecule has 1 aliphatic rings. The number of likely N-dealkylation sites (N-methyl/N-ethyl adjacent to an activating group) is 1.